The molecule has 0 atom stereocenters. The van der Waals surface area contributed by atoms with Gasteiger partial charge in [0, 0.05) is 27.4 Å². The first-order chi connectivity index (χ1) is 6.60. The van der Waals surface area contributed by atoms with Crippen molar-refractivity contribution in [3.8, 4) is 0 Å². The van der Waals surface area contributed by atoms with E-state index in [1.54, 1.807) is 21.3 Å². The van der Waals surface area contributed by atoms with Crippen molar-refractivity contribution in [2.75, 3.05) is 32.8 Å². The van der Waals surface area contributed by atoms with E-state index in [0.717, 1.165) is 0 Å². The van der Waals surface area contributed by atoms with Crippen LogP contribution in [0.15, 0.2) is 0 Å². The third kappa shape index (κ3) is 4.96. The zero-order valence-corrected chi connectivity index (χ0v) is 10.4. The lowest BCUT2D eigenvalue weighted by Crippen LogP contribution is -2.43. The van der Waals surface area contributed by atoms with E-state index < -0.39 is 14.8 Å². The number of carbonyl (C=O) groups is 1. The fourth-order valence-electron chi connectivity index (χ4n) is 0.913. The summed E-state index contributed by atoms with van der Waals surface area (Å²) in [6.07, 6.45) is 0. The van der Waals surface area contributed by atoms with Crippen molar-refractivity contribution < 1.29 is 23.2 Å². The maximum absolute atomic E-state index is 10.2. The molecule has 7 heteroatoms. The lowest BCUT2D eigenvalue weighted by Gasteiger charge is -2.23. The van der Waals surface area contributed by atoms with Crippen LogP contribution in [-0.4, -0.2) is 52.7 Å². The van der Waals surface area contributed by atoms with Gasteiger partial charge in [0.15, 0.2) is 0 Å². The maximum Gasteiger partial charge on any atom is 0.500 e. The van der Waals surface area contributed by atoms with Crippen molar-refractivity contribution in [3.63, 3.8) is 0 Å². The molecule has 0 spiro atoms. The average molecular weight is 240 g/mol. The summed E-state index contributed by atoms with van der Waals surface area (Å²) >= 11 is 1.33. The Morgan fingerprint density at radius 1 is 1.29 bits per heavy atom. The van der Waals surface area contributed by atoms with Gasteiger partial charge in [-0.15, -0.1) is 0 Å². The van der Waals surface area contributed by atoms with Crippen LogP contribution >= 0.6 is 11.8 Å². The van der Waals surface area contributed by atoms with Gasteiger partial charge in [-0.25, -0.2) is 0 Å². The summed E-state index contributed by atoms with van der Waals surface area (Å²) in [4.78, 5) is 10.2. The molecular formula is C7H16O5SSi. The Bertz CT molecular complexity index is 165. The minimum Gasteiger partial charge on any atom is -0.481 e. The molecule has 0 heterocycles. The summed E-state index contributed by atoms with van der Waals surface area (Å²) in [6, 6.07) is 0.619. The van der Waals surface area contributed by atoms with Crippen LogP contribution < -0.4 is 0 Å². The molecule has 0 aromatic carbocycles. The smallest absolute Gasteiger partial charge is 0.481 e. The lowest BCUT2D eigenvalue weighted by molar-refractivity contribution is -0.133. The topological polar surface area (TPSA) is 65.0 Å². The number of rotatable bonds is 8. The molecule has 14 heavy (non-hydrogen) atoms. The lowest BCUT2D eigenvalue weighted by atomic mass is 10.8. The fraction of sp³-hybridized carbons (Fsp3) is 0.857. The molecule has 0 aromatic rings. The molecule has 0 saturated carbocycles. The zero-order valence-electron chi connectivity index (χ0n) is 8.61. The van der Waals surface area contributed by atoms with Gasteiger partial charge in [0.2, 0.25) is 0 Å². The SMILES string of the molecule is CO[Si](CCSCC(=O)O)(OC)OC. The molecule has 84 valence electrons. The van der Waals surface area contributed by atoms with Gasteiger partial charge in [0.1, 0.15) is 0 Å². The van der Waals surface area contributed by atoms with Gasteiger partial charge in [0.05, 0.1) is 5.75 Å². The van der Waals surface area contributed by atoms with E-state index in [1.807, 2.05) is 0 Å². The molecule has 0 bridgehead atoms. The van der Waals surface area contributed by atoms with Crippen molar-refractivity contribution in [2.45, 2.75) is 6.04 Å². The predicted octanol–water partition coefficient (Wildman–Crippen LogP) is 0.682. The van der Waals surface area contributed by atoms with Crippen molar-refractivity contribution in [3.05, 3.63) is 0 Å². The molecule has 0 unspecified atom stereocenters. The molecule has 0 radical (unpaired) electrons. The standard InChI is InChI=1S/C7H16O5SSi/c1-10-14(11-2,12-3)5-4-13-6-7(8)9/h4-6H2,1-3H3,(H,8,9). The van der Waals surface area contributed by atoms with Gasteiger partial charge < -0.3 is 18.4 Å². The van der Waals surface area contributed by atoms with Crippen LogP contribution in [0.2, 0.25) is 6.04 Å². The van der Waals surface area contributed by atoms with Crippen LogP contribution in [-0.2, 0) is 18.1 Å². The molecule has 0 aliphatic rings. The Balaban J connectivity index is 3.77. The maximum atomic E-state index is 10.2. The number of thioether (sulfide) groups is 1. The molecule has 0 amide bonds. The van der Waals surface area contributed by atoms with Crippen LogP contribution in [0.4, 0.5) is 0 Å². The summed E-state index contributed by atoms with van der Waals surface area (Å²) < 4.78 is 15.5. The quantitative estimate of drug-likeness (QED) is 0.497. The second kappa shape index (κ2) is 7.24. The Labute approximate surface area is 89.1 Å². The summed E-state index contributed by atoms with van der Waals surface area (Å²) in [5.74, 6) is -0.0510. The number of carboxylic acids is 1. The molecule has 0 aromatic heterocycles. The average Bonchev–Trinajstić information content (AvgIpc) is 2.19. The monoisotopic (exact) mass is 240 g/mol. The van der Waals surface area contributed by atoms with Gasteiger partial charge in [-0.2, -0.15) is 11.8 Å². The number of aliphatic carboxylic acids is 1. The molecule has 1 N–H and O–H groups in total. The Morgan fingerprint density at radius 3 is 2.14 bits per heavy atom. The summed E-state index contributed by atoms with van der Waals surface area (Å²) in [5.41, 5.74) is 0. The van der Waals surface area contributed by atoms with Crippen LogP contribution in [0, 0.1) is 0 Å². The van der Waals surface area contributed by atoms with Crippen LogP contribution in [0.25, 0.3) is 0 Å². The highest BCUT2D eigenvalue weighted by molar-refractivity contribution is 8.00. The molecule has 0 saturated heterocycles. The predicted molar refractivity (Wildman–Crippen MR) is 56.5 cm³/mol. The Morgan fingerprint density at radius 2 is 1.79 bits per heavy atom. The second-order valence-electron chi connectivity index (χ2n) is 2.49. The van der Waals surface area contributed by atoms with Crippen LogP contribution in [0.1, 0.15) is 0 Å². The van der Waals surface area contributed by atoms with Crippen molar-refractivity contribution >= 4 is 26.5 Å². The number of carboxylic acid groups (broad SMARTS) is 1. The van der Waals surface area contributed by atoms with Gasteiger partial charge in [-0.3, -0.25) is 4.79 Å². The third-order valence-electron chi connectivity index (χ3n) is 1.71. The van der Waals surface area contributed by atoms with Crippen LogP contribution in [0.5, 0.6) is 0 Å². The number of hydrogen-bond donors (Lipinski definition) is 1. The molecule has 5 nitrogen and oxygen atoms in total. The highest BCUT2D eigenvalue weighted by atomic mass is 32.2. The van der Waals surface area contributed by atoms with Gasteiger partial charge in [0.25, 0.3) is 0 Å². The van der Waals surface area contributed by atoms with E-state index in [0.29, 0.717) is 11.8 Å². The first kappa shape index (κ1) is 13.9. The Kier molecular flexibility index (Phi) is 7.20. The molecular weight excluding hydrogens is 224 g/mol. The first-order valence-corrected chi connectivity index (χ1v) is 7.14. The van der Waals surface area contributed by atoms with Gasteiger partial charge in [-0.1, -0.05) is 0 Å². The summed E-state index contributed by atoms with van der Waals surface area (Å²) in [5, 5.41) is 8.41. The van der Waals surface area contributed by atoms with Crippen molar-refractivity contribution in [2.24, 2.45) is 0 Å². The van der Waals surface area contributed by atoms with E-state index in [2.05, 4.69) is 0 Å². The minimum absolute atomic E-state index is 0.0988. The molecule has 0 rings (SSSR count). The highest BCUT2D eigenvalue weighted by Gasteiger charge is 2.36. The van der Waals surface area contributed by atoms with Crippen molar-refractivity contribution in [1.82, 2.24) is 0 Å². The van der Waals surface area contributed by atoms with Crippen LogP contribution in [0.3, 0.4) is 0 Å². The normalized spacial score (nSPS) is 11.6. The first-order valence-electron chi connectivity index (χ1n) is 4.05. The van der Waals surface area contributed by atoms with E-state index >= 15 is 0 Å². The van der Waals surface area contributed by atoms with E-state index in [9.17, 15) is 4.79 Å². The third-order valence-corrected chi connectivity index (χ3v) is 5.75. The van der Waals surface area contributed by atoms with Gasteiger partial charge >= 0.3 is 14.8 Å². The second-order valence-corrected chi connectivity index (χ2v) is 6.69. The Hall–Kier alpha value is -0.0831. The van der Waals surface area contributed by atoms with Gasteiger partial charge in [-0.05, 0) is 5.75 Å². The van der Waals surface area contributed by atoms with E-state index in [4.69, 9.17) is 18.4 Å². The fourth-order valence-corrected chi connectivity index (χ4v) is 3.92. The molecule has 0 aliphatic carbocycles. The summed E-state index contributed by atoms with van der Waals surface area (Å²) in [7, 11) is 2.13. The van der Waals surface area contributed by atoms with Crippen molar-refractivity contribution in [1.29, 1.82) is 0 Å². The largest absolute Gasteiger partial charge is 0.500 e. The minimum atomic E-state index is -2.50. The summed E-state index contributed by atoms with van der Waals surface area (Å²) in [6.45, 7) is 0. The highest BCUT2D eigenvalue weighted by Crippen LogP contribution is 2.16. The van der Waals surface area contributed by atoms with E-state index in [-0.39, 0.29) is 5.75 Å². The molecule has 0 aliphatic heterocycles. The molecule has 0 fully saturated rings. The number of hydrogen-bond acceptors (Lipinski definition) is 5. The zero-order chi connectivity index (χ0) is 11.0. The van der Waals surface area contributed by atoms with E-state index in [1.165, 1.54) is 11.8 Å².